The third-order valence-electron chi connectivity index (χ3n) is 4.71. The van der Waals surface area contributed by atoms with Crippen LogP contribution in [0.3, 0.4) is 0 Å². The van der Waals surface area contributed by atoms with E-state index in [0.717, 1.165) is 39.1 Å². The van der Waals surface area contributed by atoms with E-state index in [-0.39, 0.29) is 5.91 Å². The fourth-order valence-corrected chi connectivity index (χ4v) is 3.20. The van der Waals surface area contributed by atoms with Gasteiger partial charge in [0.25, 0.3) is 0 Å². The Morgan fingerprint density at radius 3 is 2.76 bits per heavy atom. The highest BCUT2D eigenvalue weighted by Crippen LogP contribution is 2.18. The molecule has 1 heterocycles. The van der Waals surface area contributed by atoms with Crippen molar-refractivity contribution in [3.8, 4) is 0 Å². The molecule has 0 aromatic heterocycles. The summed E-state index contributed by atoms with van der Waals surface area (Å²) in [6.07, 6.45) is 6.47. The van der Waals surface area contributed by atoms with Crippen LogP contribution in [0.4, 0.5) is 0 Å². The molecule has 2 fully saturated rings. The molecule has 1 aliphatic carbocycles. The molecule has 21 heavy (non-hydrogen) atoms. The van der Waals surface area contributed by atoms with Crippen LogP contribution in [0.2, 0.25) is 0 Å². The molecule has 1 aliphatic heterocycles. The molecular formula is C16H32N4O. The van der Waals surface area contributed by atoms with Gasteiger partial charge >= 0.3 is 0 Å². The topological polar surface area (TPSA) is 61.6 Å². The molecule has 1 saturated heterocycles. The highest BCUT2D eigenvalue weighted by molar-refractivity contribution is 5.76. The first-order valence-electron chi connectivity index (χ1n) is 8.68. The maximum Gasteiger partial charge on any atom is 0.221 e. The summed E-state index contributed by atoms with van der Waals surface area (Å²) in [5.41, 5.74) is 5.72. The quantitative estimate of drug-likeness (QED) is 0.695. The van der Waals surface area contributed by atoms with Crippen LogP contribution in [0.15, 0.2) is 0 Å². The summed E-state index contributed by atoms with van der Waals surface area (Å²) in [7, 11) is 0. The lowest BCUT2D eigenvalue weighted by Gasteiger charge is -2.29. The van der Waals surface area contributed by atoms with Gasteiger partial charge in [-0.25, -0.2) is 0 Å². The summed E-state index contributed by atoms with van der Waals surface area (Å²) in [4.78, 5) is 16.8. The van der Waals surface area contributed by atoms with Gasteiger partial charge < -0.3 is 16.0 Å². The van der Waals surface area contributed by atoms with Crippen molar-refractivity contribution in [3.63, 3.8) is 0 Å². The van der Waals surface area contributed by atoms with Crippen LogP contribution in [-0.2, 0) is 4.79 Å². The number of hydrogen-bond acceptors (Lipinski definition) is 4. The van der Waals surface area contributed by atoms with Crippen molar-refractivity contribution in [2.75, 3.05) is 39.3 Å². The molecule has 2 aliphatic rings. The second kappa shape index (κ2) is 8.71. The van der Waals surface area contributed by atoms with Gasteiger partial charge in [-0.15, -0.1) is 0 Å². The minimum Gasteiger partial charge on any atom is -0.353 e. The fourth-order valence-electron chi connectivity index (χ4n) is 3.20. The fraction of sp³-hybridized carbons (Fsp3) is 0.938. The number of hydrogen-bond donors (Lipinski definition) is 2. The molecule has 0 spiro atoms. The van der Waals surface area contributed by atoms with Crippen molar-refractivity contribution < 1.29 is 4.79 Å². The minimum absolute atomic E-state index is 0.230. The van der Waals surface area contributed by atoms with Crippen LogP contribution in [0.5, 0.6) is 0 Å². The first kappa shape index (κ1) is 16.7. The van der Waals surface area contributed by atoms with Gasteiger partial charge in [-0.05, 0) is 51.7 Å². The highest BCUT2D eigenvalue weighted by Gasteiger charge is 2.24. The van der Waals surface area contributed by atoms with Crippen LogP contribution >= 0.6 is 0 Å². The second-order valence-corrected chi connectivity index (χ2v) is 6.46. The number of nitrogens with zero attached hydrogens (tertiary/aromatic N) is 2. The van der Waals surface area contributed by atoms with Gasteiger partial charge in [-0.2, -0.15) is 0 Å². The zero-order chi connectivity index (χ0) is 15.1. The summed E-state index contributed by atoms with van der Waals surface area (Å²) in [6, 6.07) is 1.12. The lowest BCUT2D eigenvalue weighted by molar-refractivity contribution is -0.121. The van der Waals surface area contributed by atoms with E-state index in [1.54, 1.807) is 0 Å². The van der Waals surface area contributed by atoms with E-state index in [0.29, 0.717) is 18.5 Å². The Kier molecular flexibility index (Phi) is 6.93. The largest absolute Gasteiger partial charge is 0.353 e. The molecule has 0 aromatic rings. The van der Waals surface area contributed by atoms with E-state index in [9.17, 15) is 4.79 Å². The Labute approximate surface area is 129 Å². The van der Waals surface area contributed by atoms with Gasteiger partial charge in [-0.3, -0.25) is 9.69 Å². The van der Waals surface area contributed by atoms with Gasteiger partial charge in [0.05, 0.1) is 0 Å². The average molecular weight is 296 g/mol. The lowest BCUT2D eigenvalue weighted by atomic mass is 10.1. The van der Waals surface area contributed by atoms with E-state index in [1.165, 1.54) is 32.2 Å². The molecule has 1 atom stereocenters. The smallest absolute Gasteiger partial charge is 0.221 e. The maximum atomic E-state index is 11.8. The number of nitrogens with two attached hydrogens (primary N) is 1. The Morgan fingerprint density at radius 2 is 2.10 bits per heavy atom. The Balaban J connectivity index is 1.68. The summed E-state index contributed by atoms with van der Waals surface area (Å²) >= 11 is 0. The monoisotopic (exact) mass is 296 g/mol. The van der Waals surface area contributed by atoms with Gasteiger partial charge in [0.15, 0.2) is 0 Å². The van der Waals surface area contributed by atoms with Crippen molar-refractivity contribution in [2.24, 2.45) is 5.73 Å². The number of nitrogens with one attached hydrogen (secondary N) is 1. The minimum atomic E-state index is 0.230. The molecule has 2 rings (SSSR count). The van der Waals surface area contributed by atoms with Crippen LogP contribution in [0.25, 0.3) is 0 Å². The van der Waals surface area contributed by atoms with E-state index < -0.39 is 0 Å². The number of carbonyl (C=O) groups is 1. The summed E-state index contributed by atoms with van der Waals surface area (Å²) in [6.45, 7) is 8.42. The second-order valence-electron chi connectivity index (χ2n) is 6.46. The summed E-state index contributed by atoms with van der Waals surface area (Å²) in [5, 5.41) is 3.07. The molecule has 1 saturated carbocycles. The third-order valence-corrected chi connectivity index (χ3v) is 4.71. The number of rotatable bonds is 8. The zero-order valence-electron chi connectivity index (χ0n) is 13.5. The zero-order valence-corrected chi connectivity index (χ0v) is 13.5. The van der Waals surface area contributed by atoms with Crippen molar-refractivity contribution >= 4 is 5.91 Å². The maximum absolute atomic E-state index is 11.8. The SMILES string of the molecule is CCC(CCN)N1CCCN(CCC(=O)NC2CC2)CC1. The Morgan fingerprint density at radius 1 is 1.29 bits per heavy atom. The molecule has 0 aromatic carbocycles. The van der Waals surface area contributed by atoms with Gasteiger partial charge in [0, 0.05) is 38.1 Å². The van der Waals surface area contributed by atoms with Crippen LogP contribution in [-0.4, -0.2) is 67.1 Å². The molecular weight excluding hydrogens is 264 g/mol. The molecule has 122 valence electrons. The Bertz CT molecular complexity index is 319. The molecule has 0 bridgehead atoms. The average Bonchev–Trinajstić information content (AvgIpc) is 3.29. The lowest BCUT2D eigenvalue weighted by Crippen LogP contribution is -2.39. The number of carbonyl (C=O) groups excluding carboxylic acids is 1. The van der Waals surface area contributed by atoms with Gasteiger partial charge in [0.1, 0.15) is 0 Å². The summed E-state index contributed by atoms with van der Waals surface area (Å²) in [5.74, 6) is 0.230. The van der Waals surface area contributed by atoms with Crippen molar-refractivity contribution in [1.29, 1.82) is 0 Å². The standard InChI is InChI=1S/C16H32N4O/c1-2-15(6-8-17)20-10-3-9-19(12-13-20)11-7-16(21)18-14-4-5-14/h14-15H,2-13,17H2,1H3,(H,18,21). The van der Waals surface area contributed by atoms with Crippen molar-refractivity contribution in [2.45, 2.75) is 57.5 Å². The first-order chi connectivity index (χ1) is 10.2. The number of amides is 1. The van der Waals surface area contributed by atoms with E-state index in [1.807, 2.05) is 0 Å². The predicted octanol–water partition coefficient (Wildman–Crippen LogP) is 0.790. The van der Waals surface area contributed by atoms with E-state index >= 15 is 0 Å². The molecule has 5 nitrogen and oxygen atoms in total. The van der Waals surface area contributed by atoms with Crippen LogP contribution < -0.4 is 11.1 Å². The van der Waals surface area contributed by atoms with Gasteiger partial charge in [-0.1, -0.05) is 6.92 Å². The van der Waals surface area contributed by atoms with Crippen molar-refractivity contribution in [3.05, 3.63) is 0 Å². The first-order valence-corrected chi connectivity index (χ1v) is 8.68. The third kappa shape index (κ3) is 5.93. The van der Waals surface area contributed by atoms with Crippen LogP contribution in [0, 0.1) is 0 Å². The summed E-state index contributed by atoms with van der Waals surface area (Å²) < 4.78 is 0. The van der Waals surface area contributed by atoms with E-state index in [2.05, 4.69) is 22.0 Å². The Hall–Kier alpha value is -0.650. The normalized spacial score (nSPS) is 22.8. The predicted molar refractivity (Wildman–Crippen MR) is 86.2 cm³/mol. The molecule has 1 unspecified atom stereocenters. The molecule has 1 amide bonds. The van der Waals surface area contributed by atoms with E-state index in [4.69, 9.17) is 5.73 Å². The molecule has 3 N–H and O–H groups in total. The molecule has 5 heteroatoms. The van der Waals surface area contributed by atoms with Gasteiger partial charge in [0.2, 0.25) is 5.91 Å². The van der Waals surface area contributed by atoms with Crippen LogP contribution in [0.1, 0.15) is 45.4 Å². The van der Waals surface area contributed by atoms with Crippen molar-refractivity contribution in [1.82, 2.24) is 15.1 Å². The highest BCUT2D eigenvalue weighted by atomic mass is 16.1. The molecule has 0 radical (unpaired) electrons.